The molecule has 168 valence electrons. The number of aromatic nitrogens is 1. The summed E-state index contributed by atoms with van der Waals surface area (Å²) in [5, 5.41) is 21.4. The molecule has 0 saturated heterocycles. The zero-order valence-corrected chi connectivity index (χ0v) is 17.9. The summed E-state index contributed by atoms with van der Waals surface area (Å²) in [6.07, 6.45) is 0. The van der Waals surface area contributed by atoms with Crippen LogP contribution in [0.1, 0.15) is 48.3 Å². The molecule has 1 amide bonds. The summed E-state index contributed by atoms with van der Waals surface area (Å²) in [5.74, 6) is -6.02. The highest BCUT2D eigenvalue weighted by molar-refractivity contribution is 6.06. The Morgan fingerprint density at radius 2 is 1.78 bits per heavy atom. The number of halogens is 2. The normalized spacial score (nSPS) is 12.6. The van der Waals surface area contributed by atoms with E-state index in [4.69, 9.17) is 0 Å². The number of fused-ring (bicyclic) bond motifs is 1. The average molecular weight is 444 g/mol. The van der Waals surface area contributed by atoms with Gasteiger partial charge in [0.25, 0.3) is 5.91 Å². The predicted molar refractivity (Wildman–Crippen MR) is 113 cm³/mol. The maximum atomic E-state index is 15.0. The topological polar surface area (TPSA) is 109 Å². The van der Waals surface area contributed by atoms with Gasteiger partial charge in [-0.05, 0) is 63.6 Å². The number of carboxylic acid groups (broad SMARTS) is 1. The number of nitrogens with zero attached hydrogens (tertiary/aromatic N) is 1. The van der Waals surface area contributed by atoms with Gasteiger partial charge in [-0.25, -0.2) is 13.6 Å². The first-order valence-electron chi connectivity index (χ1n) is 9.75. The van der Waals surface area contributed by atoms with E-state index in [2.05, 4.69) is 5.32 Å². The van der Waals surface area contributed by atoms with E-state index in [1.165, 1.54) is 52.0 Å². The molecule has 0 aliphatic heterocycles. The van der Waals surface area contributed by atoms with Crippen molar-refractivity contribution in [2.24, 2.45) is 0 Å². The van der Waals surface area contributed by atoms with E-state index in [9.17, 15) is 29.0 Å². The molecule has 9 heteroatoms. The lowest BCUT2D eigenvalue weighted by molar-refractivity contribution is -0.146. The number of nitrogens with one attached hydrogen (secondary N) is 1. The van der Waals surface area contributed by atoms with Crippen LogP contribution in [0.25, 0.3) is 10.9 Å². The zero-order chi connectivity index (χ0) is 24.0. The largest absolute Gasteiger partial charge is 0.505 e. The number of carboxylic acids is 1. The first-order chi connectivity index (χ1) is 14.9. The van der Waals surface area contributed by atoms with Gasteiger partial charge < -0.3 is 15.5 Å². The van der Waals surface area contributed by atoms with Gasteiger partial charge >= 0.3 is 5.97 Å². The molecule has 0 aliphatic rings. The van der Waals surface area contributed by atoms with E-state index in [1.54, 1.807) is 0 Å². The van der Waals surface area contributed by atoms with E-state index >= 15 is 4.39 Å². The smallest absolute Gasteiger partial charge is 0.328 e. The summed E-state index contributed by atoms with van der Waals surface area (Å²) < 4.78 is 29.8. The van der Waals surface area contributed by atoms with Crippen LogP contribution in [-0.4, -0.2) is 38.1 Å². The Labute approximate surface area is 182 Å². The maximum Gasteiger partial charge on any atom is 0.328 e. The minimum Gasteiger partial charge on any atom is -0.505 e. The van der Waals surface area contributed by atoms with Crippen molar-refractivity contribution in [3.8, 4) is 5.75 Å². The molecule has 0 aliphatic carbocycles. The van der Waals surface area contributed by atoms with Crippen LogP contribution in [0.3, 0.4) is 0 Å². The van der Waals surface area contributed by atoms with Crippen LogP contribution in [-0.2, 0) is 9.59 Å². The minimum absolute atomic E-state index is 0.00847. The van der Waals surface area contributed by atoms with Crippen molar-refractivity contribution in [1.29, 1.82) is 0 Å². The third-order valence-electron chi connectivity index (χ3n) is 5.41. The van der Waals surface area contributed by atoms with E-state index < -0.39 is 46.6 Å². The fourth-order valence-electron chi connectivity index (χ4n) is 3.62. The highest BCUT2D eigenvalue weighted by Crippen LogP contribution is 2.37. The van der Waals surface area contributed by atoms with Gasteiger partial charge in [0, 0.05) is 16.6 Å². The van der Waals surface area contributed by atoms with Crippen LogP contribution in [0.15, 0.2) is 36.4 Å². The van der Waals surface area contributed by atoms with Gasteiger partial charge in [0.2, 0.25) is 5.91 Å². The Balaban J connectivity index is 2.22. The molecular weight excluding hydrogens is 422 g/mol. The molecule has 1 atom stereocenters. The highest BCUT2D eigenvalue weighted by Gasteiger charge is 2.34. The van der Waals surface area contributed by atoms with Crippen LogP contribution in [0.2, 0.25) is 0 Å². The van der Waals surface area contributed by atoms with Crippen LogP contribution in [0.4, 0.5) is 8.78 Å². The monoisotopic (exact) mass is 444 g/mol. The van der Waals surface area contributed by atoms with Gasteiger partial charge in [0.15, 0.2) is 11.6 Å². The lowest BCUT2D eigenvalue weighted by atomic mass is 9.95. The second kappa shape index (κ2) is 8.07. The van der Waals surface area contributed by atoms with Crippen molar-refractivity contribution in [3.63, 3.8) is 0 Å². The molecule has 1 unspecified atom stereocenters. The molecule has 7 nitrogen and oxygen atoms in total. The summed E-state index contributed by atoms with van der Waals surface area (Å²) in [4.78, 5) is 37.4. The Hall–Kier alpha value is -3.75. The number of phenolic OH excluding ortho intramolecular Hbond substituents is 1. The fourth-order valence-corrected chi connectivity index (χ4v) is 3.62. The lowest BCUT2D eigenvalue weighted by Crippen LogP contribution is -2.50. The van der Waals surface area contributed by atoms with Gasteiger partial charge in [-0.1, -0.05) is 6.07 Å². The second-order valence-corrected chi connectivity index (χ2v) is 8.08. The van der Waals surface area contributed by atoms with Crippen molar-refractivity contribution in [1.82, 2.24) is 9.88 Å². The van der Waals surface area contributed by atoms with Gasteiger partial charge in [0.05, 0.1) is 11.4 Å². The van der Waals surface area contributed by atoms with Gasteiger partial charge in [-0.15, -0.1) is 0 Å². The minimum atomic E-state index is -1.59. The maximum absolute atomic E-state index is 15.0. The number of rotatable bonds is 5. The number of benzene rings is 2. The first-order valence-corrected chi connectivity index (χ1v) is 9.75. The Morgan fingerprint density at radius 1 is 1.12 bits per heavy atom. The van der Waals surface area contributed by atoms with Crippen LogP contribution in [0.5, 0.6) is 5.75 Å². The molecule has 1 aromatic heterocycles. The Bertz CT molecular complexity index is 1260. The molecule has 0 bridgehead atoms. The van der Waals surface area contributed by atoms with Crippen molar-refractivity contribution in [2.75, 3.05) is 0 Å². The SMILES string of the molecule is Cc1c(C(C)C(=O)NC(C)(C)C(=O)O)c2c(F)c(O)ccc2n1C(=O)c1cccc(F)c1. The summed E-state index contributed by atoms with van der Waals surface area (Å²) >= 11 is 0. The standard InChI is InChI=1S/C23H22F2N2O5/c1-11(20(29)26-23(3,4)22(31)32)17-12(2)27(15-8-9-16(28)19(25)18(15)17)21(30)13-6-5-7-14(24)10-13/h5-11,28H,1-4H3,(H,26,29)(H,31,32). The molecule has 2 aromatic carbocycles. The van der Waals surface area contributed by atoms with Gasteiger partial charge in [0.1, 0.15) is 11.4 Å². The third-order valence-corrected chi connectivity index (χ3v) is 5.41. The third kappa shape index (κ3) is 3.81. The predicted octanol–water partition coefficient (Wildman–Crippen LogP) is 3.70. The lowest BCUT2D eigenvalue weighted by Gasteiger charge is -2.23. The van der Waals surface area contributed by atoms with Crippen LogP contribution < -0.4 is 5.32 Å². The van der Waals surface area contributed by atoms with E-state index in [0.717, 1.165) is 16.7 Å². The molecule has 32 heavy (non-hydrogen) atoms. The average Bonchev–Trinajstić information content (AvgIpc) is 3.01. The van der Waals surface area contributed by atoms with E-state index in [0.29, 0.717) is 0 Å². The molecule has 3 N–H and O–H groups in total. The number of carbonyl (C=O) groups is 3. The van der Waals surface area contributed by atoms with Crippen LogP contribution in [0, 0.1) is 18.6 Å². The second-order valence-electron chi connectivity index (χ2n) is 8.08. The number of carbonyl (C=O) groups excluding carboxylic acids is 2. The molecule has 3 rings (SSSR count). The van der Waals surface area contributed by atoms with E-state index in [-0.39, 0.29) is 27.7 Å². The van der Waals surface area contributed by atoms with Crippen molar-refractivity contribution in [3.05, 3.63) is 64.9 Å². The van der Waals surface area contributed by atoms with Crippen LogP contribution >= 0.6 is 0 Å². The number of aromatic hydroxyl groups is 1. The van der Waals surface area contributed by atoms with E-state index in [1.807, 2.05) is 0 Å². The Kier molecular flexibility index (Phi) is 5.78. The zero-order valence-electron chi connectivity index (χ0n) is 17.9. The number of aliphatic carboxylic acids is 1. The first kappa shape index (κ1) is 22.9. The number of hydrogen-bond donors (Lipinski definition) is 3. The molecule has 0 fully saturated rings. The molecule has 0 spiro atoms. The van der Waals surface area contributed by atoms with Crippen molar-refractivity contribution in [2.45, 2.75) is 39.2 Å². The summed E-state index contributed by atoms with van der Waals surface area (Å²) in [6, 6.07) is 7.38. The summed E-state index contributed by atoms with van der Waals surface area (Å²) in [5.41, 5.74) is -1.19. The molecule has 3 aromatic rings. The summed E-state index contributed by atoms with van der Waals surface area (Å²) in [6.45, 7) is 5.54. The Morgan fingerprint density at radius 3 is 2.38 bits per heavy atom. The van der Waals surface area contributed by atoms with Gasteiger partial charge in [-0.2, -0.15) is 0 Å². The van der Waals surface area contributed by atoms with Crippen molar-refractivity contribution < 1.29 is 33.4 Å². The number of amides is 1. The van der Waals surface area contributed by atoms with Crippen molar-refractivity contribution >= 4 is 28.7 Å². The number of hydrogen-bond acceptors (Lipinski definition) is 4. The van der Waals surface area contributed by atoms with Gasteiger partial charge in [-0.3, -0.25) is 14.2 Å². The molecule has 0 saturated carbocycles. The molecular formula is C23H22F2N2O5. The fraction of sp³-hybridized carbons (Fsp3) is 0.261. The highest BCUT2D eigenvalue weighted by atomic mass is 19.1. The number of phenols is 1. The quantitative estimate of drug-likeness (QED) is 0.556. The molecule has 1 heterocycles. The molecule has 0 radical (unpaired) electrons. The summed E-state index contributed by atoms with van der Waals surface area (Å²) in [7, 11) is 0.